The fourth-order valence-electron chi connectivity index (χ4n) is 3.38. The summed E-state index contributed by atoms with van der Waals surface area (Å²) in [5, 5.41) is 4.22. The summed E-state index contributed by atoms with van der Waals surface area (Å²) in [5.74, 6) is 4.57. The first-order valence-corrected chi connectivity index (χ1v) is 8.62. The van der Waals surface area contributed by atoms with Crippen LogP contribution in [0.25, 0.3) is 0 Å². The van der Waals surface area contributed by atoms with Crippen molar-refractivity contribution in [2.45, 2.75) is 71.6 Å². The van der Waals surface area contributed by atoms with Gasteiger partial charge < -0.3 is 10.3 Å². The molecule has 1 aliphatic carbocycles. The highest BCUT2D eigenvalue weighted by molar-refractivity contribution is 4.98. The van der Waals surface area contributed by atoms with E-state index in [-0.39, 0.29) is 0 Å². The van der Waals surface area contributed by atoms with Crippen molar-refractivity contribution in [1.82, 2.24) is 10.1 Å². The molecule has 1 saturated carbocycles. The lowest BCUT2D eigenvalue weighted by Crippen LogP contribution is -2.18. The number of hydrogen-bond donors (Lipinski definition) is 1. The molecule has 0 aliphatic heterocycles. The van der Waals surface area contributed by atoms with Crippen LogP contribution >= 0.6 is 0 Å². The molecule has 4 nitrogen and oxygen atoms in total. The third-order valence-electron chi connectivity index (χ3n) is 5.07. The number of aryl methyl sites for hydroxylation is 1. The van der Waals surface area contributed by atoms with Gasteiger partial charge in [-0.05, 0) is 62.8 Å². The molecule has 2 rings (SSSR count). The van der Waals surface area contributed by atoms with Gasteiger partial charge in [0.1, 0.15) is 0 Å². The Kier molecular flexibility index (Phi) is 6.22. The molecule has 120 valence electrons. The maximum absolute atomic E-state index is 5.58. The molecule has 0 aromatic carbocycles. The smallest absolute Gasteiger partial charge is 0.226 e. The normalized spacial score (nSPS) is 24.4. The fraction of sp³-hybridized carbons (Fsp3) is 0.882. The van der Waals surface area contributed by atoms with E-state index in [1.807, 2.05) is 0 Å². The third-order valence-corrected chi connectivity index (χ3v) is 5.07. The number of nitrogens with two attached hydrogens (primary N) is 1. The van der Waals surface area contributed by atoms with Crippen LogP contribution in [0, 0.1) is 17.8 Å². The van der Waals surface area contributed by atoms with Crippen molar-refractivity contribution in [1.29, 1.82) is 0 Å². The summed E-state index contributed by atoms with van der Waals surface area (Å²) >= 11 is 0. The van der Waals surface area contributed by atoms with Crippen LogP contribution in [0.2, 0.25) is 0 Å². The Bertz CT molecular complexity index is 408. The predicted octanol–water partition coefficient (Wildman–Crippen LogP) is 3.92. The molecule has 0 radical (unpaired) electrons. The standard InChI is InChI=1S/C17H31N3O/c1-12(2)14-5-7-15(8-6-14)17-19-16(21-20-17)9-4-13(3)10-11-18/h12-15H,4-11,18H2,1-3H3. The van der Waals surface area contributed by atoms with E-state index in [2.05, 4.69) is 30.9 Å². The fourth-order valence-corrected chi connectivity index (χ4v) is 3.38. The highest BCUT2D eigenvalue weighted by Gasteiger charge is 2.27. The second-order valence-corrected chi connectivity index (χ2v) is 7.12. The van der Waals surface area contributed by atoms with E-state index in [1.54, 1.807) is 0 Å². The lowest BCUT2D eigenvalue weighted by Gasteiger charge is -2.29. The van der Waals surface area contributed by atoms with Crippen molar-refractivity contribution in [3.8, 4) is 0 Å². The zero-order valence-corrected chi connectivity index (χ0v) is 13.8. The second kappa shape index (κ2) is 7.92. The van der Waals surface area contributed by atoms with Crippen molar-refractivity contribution in [2.75, 3.05) is 6.54 Å². The number of aromatic nitrogens is 2. The van der Waals surface area contributed by atoms with Crippen LogP contribution in [-0.4, -0.2) is 16.7 Å². The quantitative estimate of drug-likeness (QED) is 0.827. The second-order valence-electron chi connectivity index (χ2n) is 7.12. The van der Waals surface area contributed by atoms with Crippen molar-refractivity contribution in [3.63, 3.8) is 0 Å². The molecule has 0 bridgehead atoms. The van der Waals surface area contributed by atoms with E-state index in [1.165, 1.54) is 25.7 Å². The molecule has 4 heteroatoms. The average Bonchev–Trinajstić information content (AvgIpc) is 2.94. The Hall–Kier alpha value is -0.900. The zero-order valence-electron chi connectivity index (χ0n) is 13.8. The van der Waals surface area contributed by atoms with E-state index in [9.17, 15) is 0 Å². The molecule has 1 aliphatic rings. The lowest BCUT2D eigenvalue weighted by atomic mass is 9.77. The predicted molar refractivity (Wildman–Crippen MR) is 85.0 cm³/mol. The van der Waals surface area contributed by atoms with Crippen LogP contribution in [0.4, 0.5) is 0 Å². The highest BCUT2D eigenvalue weighted by atomic mass is 16.5. The molecule has 1 aromatic rings. The van der Waals surface area contributed by atoms with Crippen LogP contribution in [0.15, 0.2) is 4.52 Å². The van der Waals surface area contributed by atoms with Gasteiger partial charge >= 0.3 is 0 Å². The first-order valence-electron chi connectivity index (χ1n) is 8.62. The Morgan fingerprint density at radius 1 is 1.14 bits per heavy atom. The Balaban J connectivity index is 1.80. The van der Waals surface area contributed by atoms with Crippen molar-refractivity contribution in [2.24, 2.45) is 23.5 Å². The first kappa shape index (κ1) is 16.5. The van der Waals surface area contributed by atoms with Gasteiger partial charge in [-0.2, -0.15) is 4.98 Å². The van der Waals surface area contributed by atoms with E-state index in [0.717, 1.165) is 49.4 Å². The minimum absolute atomic E-state index is 0.513. The summed E-state index contributed by atoms with van der Waals surface area (Å²) < 4.78 is 5.43. The van der Waals surface area contributed by atoms with Gasteiger partial charge in [0.2, 0.25) is 5.89 Å². The van der Waals surface area contributed by atoms with Crippen LogP contribution in [0.5, 0.6) is 0 Å². The summed E-state index contributed by atoms with van der Waals surface area (Å²) in [6.07, 6.45) is 8.07. The maximum Gasteiger partial charge on any atom is 0.226 e. The van der Waals surface area contributed by atoms with Crippen LogP contribution in [0.1, 0.15) is 76.9 Å². The van der Waals surface area contributed by atoms with Crippen molar-refractivity contribution in [3.05, 3.63) is 11.7 Å². The Labute approximate surface area is 128 Å². The molecule has 1 fully saturated rings. The summed E-state index contributed by atoms with van der Waals surface area (Å²) in [6, 6.07) is 0. The zero-order chi connectivity index (χ0) is 15.2. The van der Waals surface area contributed by atoms with E-state index >= 15 is 0 Å². The summed E-state index contributed by atoms with van der Waals surface area (Å²) in [6.45, 7) is 7.66. The molecule has 1 aromatic heterocycles. The average molecular weight is 293 g/mol. The number of hydrogen-bond acceptors (Lipinski definition) is 4. The molecule has 1 unspecified atom stereocenters. The Morgan fingerprint density at radius 3 is 2.48 bits per heavy atom. The Morgan fingerprint density at radius 2 is 1.86 bits per heavy atom. The molecule has 0 amide bonds. The largest absolute Gasteiger partial charge is 0.339 e. The molecule has 21 heavy (non-hydrogen) atoms. The number of nitrogens with zero attached hydrogens (tertiary/aromatic N) is 2. The van der Waals surface area contributed by atoms with E-state index < -0.39 is 0 Å². The summed E-state index contributed by atoms with van der Waals surface area (Å²) in [4.78, 5) is 4.63. The van der Waals surface area contributed by atoms with E-state index in [4.69, 9.17) is 10.3 Å². The van der Waals surface area contributed by atoms with Gasteiger partial charge in [0, 0.05) is 12.3 Å². The van der Waals surface area contributed by atoms with Gasteiger partial charge in [0.25, 0.3) is 0 Å². The van der Waals surface area contributed by atoms with E-state index in [0.29, 0.717) is 11.8 Å². The SMILES string of the molecule is CC(CCN)CCc1nc(C2CCC(C(C)C)CC2)no1. The van der Waals surface area contributed by atoms with Gasteiger partial charge in [-0.25, -0.2) is 0 Å². The monoisotopic (exact) mass is 293 g/mol. The molecule has 2 N–H and O–H groups in total. The summed E-state index contributed by atoms with van der Waals surface area (Å²) in [7, 11) is 0. The molecule has 0 saturated heterocycles. The van der Waals surface area contributed by atoms with Crippen molar-refractivity contribution >= 4 is 0 Å². The minimum atomic E-state index is 0.513. The third kappa shape index (κ3) is 4.80. The van der Waals surface area contributed by atoms with Crippen LogP contribution in [0.3, 0.4) is 0 Å². The van der Waals surface area contributed by atoms with Gasteiger partial charge in [-0.3, -0.25) is 0 Å². The topological polar surface area (TPSA) is 64.9 Å². The first-order chi connectivity index (χ1) is 10.1. The van der Waals surface area contributed by atoms with Gasteiger partial charge in [0.15, 0.2) is 5.82 Å². The summed E-state index contributed by atoms with van der Waals surface area (Å²) in [5.41, 5.74) is 5.58. The van der Waals surface area contributed by atoms with Crippen LogP contribution in [-0.2, 0) is 6.42 Å². The molecular weight excluding hydrogens is 262 g/mol. The van der Waals surface area contributed by atoms with Gasteiger partial charge in [0.05, 0.1) is 0 Å². The van der Waals surface area contributed by atoms with Gasteiger partial charge in [-0.15, -0.1) is 0 Å². The lowest BCUT2D eigenvalue weighted by molar-refractivity contribution is 0.251. The van der Waals surface area contributed by atoms with Gasteiger partial charge in [-0.1, -0.05) is 25.9 Å². The molecule has 0 spiro atoms. The number of rotatable bonds is 7. The highest BCUT2D eigenvalue weighted by Crippen LogP contribution is 2.37. The molecule has 1 heterocycles. The minimum Gasteiger partial charge on any atom is -0.339 e. The van der Waals surface area contributed by atoms with Crippen molar-refractivity contribution < 1.29 is 4.52 Å². The molecular formula is C17H31N3O. The molecule has 1 atom stereocenters. The van der Waals surface area contributed by atoms with Crippen LogP contribution < -0.4 is 5.73 Å². The maximum atomic E-state index is 5.58.